The summed E-state index contributed by atoms with van der Waals surface area (Å²) in [5.41, 5.74) is 6.81. The second-order valence-electron chi connectivity index (χ2n) is 4.50. The molecule has 0 radical (unpaired) electrons. The number of nitrogens with two attached hydrogens (primary N) is 1. The third kappa shape index (κ3) is 3.68. The first kappa shape index (κ1) is 14.3. The van der Waals surface area contributed by atoms with Crippen LogP contribution in [0.3, 0.4) is 0 Å². The van der Waals surface area contributed by atoms with E-state index in [0.717, 1.165) is 5.56 Å². The normalized spacial score (nSPS) is 11.9. The van der Waals surface area contributed by atoms with Crippen molar-refractivity contribution in [3.05, 3.63) is 52.9 Å². The summed E-state index contributed by atoms with van der Waals surface area (Å²) in [6, 6.07) is 7.47. The van der Waals surface area contributed by atoms with E-state index in [0.29, 0.717) is 11.4 Å². The fraction of sp³-hybridized carbons (Fsp3) is 0.214. The highest BCUT2D eigenvalue weighted by Crippen LogP contribution is 2.12. The number of hydrogen-bond donors (Lipinski definition) is 2. The molecule has 1 aromatic carbocycles. The van der Waals surface area contributed by atoms with E-state index in [2.05, 4.69) is 15.3 Å². The Morgan fingerprint density at radius 2 is 2.15 bits per heavy atom. The van der Waals surface area contributed by atoms with Crippen LogP contribution in [0.2, 0.25) is 5.02 Å². The molecule has 0 unspecified atom stereocenters. The zero-order valence-corrected chi connectivity index (χ0v) is 11.8. The molecule has 1 aromatic heterocycles. The smallest absolute Gasteiger partial charge is 0.273 e. The van der Waals surface area contributed by atoms with Gasteiger partial charge in [-0.1, -0.05) is 23.7 Å². The third-order valence-corrected chi connectivity index (χ3v) is 2.99. The van der Waals surface area contributed by atoms with Crippen LogP contribution in [-0.2, 0) is 6.42 Å². The molecule has 1 atom stereocenters. The molecular weight excluding hydrogens is 276 g/mol. The van der Waals surface area contributed by atoms with Crippen molar-refractivity contribution in [3.63, 3.8) is 0 Å². The summed E-state index contributed by atoms with van der Waals surface area (Å²) in [7, 11) is 0. The minimum Gasteiger partial charge on any atom is -0.382 e. The van der Waals surface area contributed by atoms with Crippen molar-refractivity contribution >= 4 is 23.3 Å². The number of carbonyl (C=O) groups is 1. The van der Waals surface area contributed by atoms with Gasteiger partial charge in [-0.25, -0.2) is 9.97 Å². The highest BCUT2D eigenvalue weighted by molar-refractivity contribution is 6.30. The number of nitrogens with one attached hydrogen (secondary N) is 1. The number of hydrogen-bond acceptors (Lipinski definition) is 4. The Balaban J connectivity index is 2.00. The molecule has 0 fully saturated rings. The molecule has 20 heavy (non-hydrogen) atoms. The highest BCUT2D eigenvalue weighted by atomic mass is 35.5. The molecule has 0 bridgehead atoms. The quantitative estimate of drug-likeness (QED) is 0.903. The molecule has 0 saturated heterocycles. The van der Waals surface area contributed by atoms with Gasteiger partial charge in [-0.05, 0) is 31.0 Å². The summed E-state index contributed by atoms with van der Waals surface area (Å²) < 4.78 is 0. The lowest BCUT2D eigenvalue weighted by Gasteiger charge is -2.14. The first-order valence-electron chi connectivity index (χ1n) is 6.18. The number of anilines is 1. The van der Waals surface area contributed by atoms with Gasteiger partial charge in [0.15, 0.2) is 11.5 Å². The molecule has 0 aliphatic rings. The lowest BCUT2D eigenvalue weighted by atomic mass is 10.1. The number of nitrogens with zero attached hydrogens (tertiary/aromatic N) is 2. The molecule has 0 saturated carbocycles. The van der Waals surface area contributed by atoms with Crippen molar-refractivity contribution in [2.75, 3.05) is 5.73 Å². The van der Waals surface area contributed by atoms with Gasteiger partial charge in [0.25, 0.3) is 5.91 Å². The molecule has 0 spiro atoms. The summed E-state index contributed by atoms with van der Waals surface area (Å²) in [5, 5.41) is 3.52. The van der Waals surface area contributed by atoms with E-state index in [9.17, 15) is 4.79 Å². The van der Waals surface area contributed by atoms with Crippen molar-refractivity contribution in [3.8, 4) is 0 Å². The Morgan fingerprint density at radius 1 is 1.40 bits per heavy atom. The van der Waals surface area contributed by atoms with Crippen molar-refractivity contribution in [2.45, 2.75) is 19.4 Å². The van der Waals surface area contributed by atoms with Gasteiger partial charge < -0.3 is 11.1 Å². The van der Waals surface area contributed by atoms with E-state index in [4.69, 9.17) is 17.3 Å². The molecule has 6 heteroatoms. The number of carbonyl (C=O) groups excluding carboxylic acids is 1. The van der Waals surface area contributed by atoms with Crippen LogP contribution >= 0.6 is 11.6 Å². The minimum absolute atomic E-state index is 0.0672. The number of nitrogen functional groups attached to an aromatic ring is 1. The van der Waals surface area contributed by atoms with E-state index in [1.807, 2.05) is 31.2 Å². The molecule has 1 heterocycles. The van der Waals surface area contributed by atoms with Crippen molar-refractivity contribution in [1.82, 2.24) is 15.3 Å². The van der Waals surface area contributed by atoms with Crippen molar-refractivity contribution < 1.29 is 4.79 Å². The summed E-state index contributed by atoms with van der Waals surface area (Å²) in [5.74, 6) is -0.204. The van der Waals surface area contributed by atoms with Crippen LogP contribution in [0.15, 0.2) is 36.7 Å². The fourth-order valence-electron chi connectivity index (χ4n) is 1.88. The van der Waals surface area contributed by atoms with Crippen LogP contribution < -0.4 is 11.1 Å². The molecule has 5 nitrogen and oxygen atoms in total. The number of halogens is 1. The van der Waals surface area contributed by atoms with E-state index in [1.165, 1.54) is 12.4 Å². The van der Waals surface area contributed by atoms with Crippen LogP contribution in [0.5, 0.6) is 0 Å². The topological polar surface area (TPSA) is 80.9 Å². The van der Waals surface area contributed by atoms with Crippen LogP contribution in [0.25, 0.3) is 0 Å². The minimum atomic E-state index is -0.329. The van der Waals surface area contributed by atoms with Gasteiger partial charge in [-0.3, -0.25) is 4.79 Å². The predicted octanol–water partition coefficient (Wildman–Crippen LogP) is 2.07. The molecule has 104 valence electrons. The first-order chi connectivity index (χ1) is 9.56. The molecule has 0 aliphatic heterocycles. The second kappa shape index (κ2) is 6.34. The largest absolute Gasteiger partial charge is 0.382 e. The van der Waals surface area contributed by atoms with Crippen LogP contribution in [-0.4, -0.2) is 21.9 Å². The number of amides is 1. The molecule has 3 N–H and O–H groups in total. The summed E-state index contributed by atoms with van der Waals surface area (Å²) in [6.07, 6.45) is 3.56. The van der Waals surface area contributed by atoms with Gasteiger partial charge in [-0.2, -0.15) is 0 Å². The van der Waals surface area contributed by atoms with E-state index in [-0.39, 0.29) is 23.5 Å². The van der Waals surface area contributed by atoms with Gasteiger partial charge in [0.2, 0.25) is 0 Å². The monoisotopic (exact) mass is 290 g/mol. The summed E-state index contributed by atoms with van der Waals surface area (Å²) in [4.78, 5) is 19.8. The standard InChI is InChI=1S/C14H15ClN4O/c1-9(7-10-3-2-4-11(15)8-10)19-14(20)12-13(16)18-6-5-17-12/h2-6,8-9H,7H2,1H3,(H2,16,18)(H,19,20)/t9-/m1/s1. The predicted molar refractivity (Wildman–Crippen MR) is 78.5 cm³/mol. The maximum Gasteiger partial charge on any atom is 0.273 e. The lowest BCUT2D eigenvalue weighted by Crippen LogP contribution is -2.35. The average molecular weight is 291 g/mol. The van der Waals surface area contributed by atoms with Crippen LogP contribution in [0.1, 0.15) is 23.0 Å². The summed E-state index contributed by atoms with van der Waals surface area (Å²) in [6.45, 7) is 1.91. The van der Waals surface area contributed by atoms with Crippen LogP contribution in [0.4, 0.5) is 5.82 Å². The molecule has 2 rings (SSSR count). The maximum absolute atomic E-state index is 12.0. The van der Waals surface area contributed by atoms with E-state index >= 15 is 0 Å². The average Bonchev–Trinajstić information content (AvgIpc) is 2.38. The Labute approximate surface area is 122 Å². The Kier molecular flexibility index (Phi) is 4.53. The van der Waals surface area contributed by atoms with Crippen LogP contribution in [0, 0.1) is 0 Å². The van der Waals surface area contributed by atoms with Gasteiger partial charge >= 0.3 is 0 Å². The highest BCUT2D eigenvalue weighted by Gasteiger charge is 2.14. The van der Waals surface area contributed by atoms with Gasteiger partial charge in [-0.15, -0.1) is 0 Å². The van der Waals surface area contributed by atoms with Crippen molar-refractivity contribution in [2.24, 2.45) is 0 Å². The fourth-order valence-corrected chi connectivity index (χ4v) is 2.10. The molecular formula is C14H15ClN4O. The number of rotatable bonds is 4. The molecule has 2 aromatic rings. The number of aromatic nitrogens is 2. The Morgan fingerprint density at radius 3 is 2.85 bits per heavy atom. The molecule has 0 aliphatic carbocycles. The zero-order valence-electron chi connectivity index (χ0n) is 11.0. The van der Waals surface area contributed by atoms with E-state index < -0.39 is 0 Å². The maximum atomic E-state index is 12.0. The van der Waals surface area contributed by atoms with Gasteiger partial charge in [0.05, 0.1) is 0 Å². The summed E-state index contributed by atoms with van der Waals surface area (Å²) >= 11 is 5.93. The van der Waals surface area contributed by atoms with Crippen molar-refractivity contribution in [1.29, 1.82) is 0 Å². The lowest BCUT2D eigenvalue weighted by molar-refractivity contribution is 0.0935. The number of benzene rings is 1. The van der Waals surface area contributed by atoms with E-state index in [1.54, 1.807) is 0 Å². The zero-order chi connectivity index (χ0) is 14.5. The Hall–Kier alpha value is -2.14. The Bertz CT molecular complexity index is 618. The van der Waals surface area contributed by atoms with Gasteiger partial charge in [0.1, 0.15) is 0 Å². The third-order valence-electron chi connectivity index (χ3n) is 2.75. The second-order valence-corrected chi connectivity index (χ2v) is 4.94. The molecule has 1 amide bonds. The van der Waals surface area contributed by atoms with Gasteiger partial charge in [0, 0.05) is 23.5 Å². The first-order valence-corrected chi connectivity index (χ1v) is 6.56. The SMILES string of the molecule is C[C@H](Cc1cccc(Cl)c1)NC(=O)c1nccnc1N.